The van der Waals surface area contributed by atoms with Crippen LogP contribution in [0.2, 0.25) is 0 Å². The van der Waals surface area contributed by atoms with Gasteiger partial charge in [-0.2, -0.15) is 5.10 Å². The Morgan fingerprint density at radius 2 is 1.70 bits per heavy atom. The highest BCUT2D eigenvalue weighted by Crippen LogP contribution is 2.17. The van der Waals surface area contributed by atoms with Gasteiger partial charge in [0.1, 0.15) is 6.04 Å². The van der Waals surface area contributed by atoms with Crippen molar-refractivity contribution in [1.82, 2.24) is 5.43 Å². The molecule has 0 aliphatic rings. The summed E-state index contributed by atoms with van der Waals surface area (Å²) in [4.78, 5) is 12.4. The van der Waals surface area contributed by atoms with Gasteiger partial charge in [-0.1, -0.05) is 54.1 Å². The summed E-state index contributed by atoms with van der Waals surface area (Å²) in [5.41, 5.74) is 7.70. The molecule has 0 saturated carbocycles. The molecule has 0 aliphatic carbocycles. The van der Waals surface area contributed by atoms with E-state index >= 15 is 0 Å². The molecule has 0 fully saturated rings. The molecule has 3 aromatic carbocycles. The third-order valence-corrected chi connectivity index (χ3v) is 4.65. The first-order valence-corrected chi connectivity index (χ1v) is 9.11. The molecule has 138 valence electrons. The molecule has 0 aliphatic heterocycles. The number of carbonyl (C=O) groups is 1. The number of nitrogens with zero attached hydrogens (tertiary/aromatic N) is 1. The molecule has 0 saturated heterocycles. The molecule has 4 heteroatoms. The monoisotopic (exact) mass is 359 g/mol. The van der Waals surface area contributed by atoms with E-state index in [0.717, 1.165) is 27.9 Å². The summed E-state index contributed by atoms with van der Waals surface area (Å²) in [6.45, 7) is 7.81. The molecule has 27 heavy (non-hydrogen) atoms. The Bertz CT molecular complexity index is 1010. The number of rotatable bonds is 5. The number of anilines is 1. The second kappa shape index (κ2) is 8.04. The standard InChI is InChI=1S/C23H25N3O/c1-15-9-12-22(16(2)13-15)24-18(4)23(27)26-25-17(3)20-11-10-19-7-5-6-8-21(19)14-20/h5-14,18,24H,1-4H3,(H,26,27)/b25-17+/t18-/m1/s1. The Labute approximate surface area is 160 Å². The van der Waals surface area contributed by atoms with Crippen molar-refractivity contribution < 1.29 is 4.79 Å². The predicted molar refractivity (Wildman–Crippen MR) is 113 cm³/mol. The van der Waals surface area contributed by atoms with Crippen LogP contribution in [0.4, 0.5) is 5.69 Å². The number of fused-ring (bicyclic) bond motifs is 1. The summed E-state index contributed by atoms with van der Waals surface area (Å²) < 4.78 is 0. The van der Waals surface area contributed by atoms with Crippen molar-refractivity contribution in [1.29, 1.82) is 0 Å². The first-order valence-electron chi connectivity index (χ1n) is 9.11. The molecule has 0 bridgehead atoms. The van der Waals surface area contributed by atoms with E-state index in [1.54, 1.807) is 0 Å². The lowest BCUT2D eigenvalue weighted by molar-refractivity contribution is -0.121. The lowest BCUT2D eigenvalue weighted by atomic mass is 10.0. The SMILES string of the molecule is C/C(=N\NC(=O)[C@@H](C)Nc1ccc(C)cc1C)c1ccc2ccccc2c1. The van der Waals surface area contributed by atoms with Crippen molar-refractivity contribution in [2.75, 3.05) is 5.32 Å². The highest BCUT2D eigenvalue weighted by atomic mass is 16.2. The Morgan fingerprint density at radius 1 is 0.963 bits per heavy atom. The van der Waals surface area contributed by atoms with Crippen LogP contribution in [-0.4, -0.2) is 17.7 Å². The minimum atomic E-state index is -0.389. The smallest absolute Gasteiger partial charge is 0.262 e. The van der Waals surface area contributed by atoms with Crippen LogP contribution < -0.4 is 10.7 Å². The van der Waals surface area contributed by atoms with Crippen LogP contribution in [0.15, 0.2) is 65.8 Å². The minimum absolute atomic E-state index is 0.171. The number of amides is 1. The fraction of sp³-hybridized carbons (Fsp3) is 0.217. The van der Waals surface area contributed by atoms with Crippen molar-refractivity contribution in [2.45, 2.75) is 33.7 Å². The van der Waals surface area contributed by atoms with Gasteiger partial charge < -0.3 is 5.32 Å². The highest BCUT2D eigenvalue weighted by Gasteiger charge is 2.13. The number of nitrogens with one attached hydrogen (secondary N) is 2. The lowest BCUT2D eigenvalue weighted by Gasteiger charge is -2.16. The molecular weight excluding hydrogens is 334 g/mol. The number of carbonyl (C=O) groups excluding carboxylic acids is 1. The van der Waals surface area contributed by atoms with E-state index in [-0.39, 0.29) is 11.9 Å². The molecule has 2 N–H and O–H groups in total. The lowest BCUT2D eigenvalue weighted by Crippen LogP contribution is -2.35. The summed E-state index contributed by atoms with van der Waals surface area (Å²) in [7, 11) is 0. The van der Waals surface area contributed by atoms with Crippen molar-refractivity contribution >= 4 is 28.1 Å². The van der Waals surface area contributed by atoms with E-state index in [1.165, 1.54) is 10.9 Å². The minimum Gasteiger partial charge on any atom is -0.374 e. The third kappa shape index (κ3) is 4.53. The van der Waals surface area contributed by atoms with Crippen LogP contribution >= 0.6 is 0 Å². The molecule has 0 radical (unpaired) electrons. The Morgan fingerprint density at radius 3 is 2.44 bits per heavy atom. The third-order valence-electron chi connectivity index (χ3n) is 4.65. The molecule has 0 spiro atoms. The van der Waals surface area contributed by atoms with Gasteiger partial charge in [-0.05, 0) is 61.7 Å². The zero-order chi connectivity index (χ0) is 19.4. The van der Waals surface area contributed by atoms with Crippen LogP contribution in [0.3, 0.4) is 0 Å². The molecule has 0 heterocycles. The number of hydrazone groups is 1. The topological polar surface area (TPSA) is 53.5 Å². The zero-order valence-electron chi connectivity index (χ0n) is 16.2. The normalized spacial score (nSPS) is 12.7. The van der Waals surface area contributed by atoms with Crippen molar-refractivity contribution in [3.05, 3.63) is 77.4 Å². The van der Waals surface area contributed by atoms with Crippen molar-refractivity contribution in [3.63, 3.8) is 0 Å². The second-order valence-electron chi connectivity index (χ2n) is 6.92. The van der Waals surface area contributed by atoms with Gasteiger partial charge in [0.2, 0.25) is 0 Å². The molecule has 4 nitrogen and oxygen atoms in total. The Hall–Kier alpha value is -3.14. The van der Waals surface area contributed by atoms with E-state index in [1.807, 2.05) is 51.1 Å². The summed E-state index contributed by atoms with van der Waals surface area (Å²) in [5.74, 6) is -0.171. The average molecular weight is 359 g/mol. The fourth-order valence-corrected chi connectivity index (χ4v) is 2.99. The fourth-order valence-electron chi connectivity index (χ4n) is 2.99. The molecule has 0 aromatic heterocycles. The van der Waals surface area contributed by atoms with E-state index < -0.39 is 0 Å². The Balaban J connectivity index is 1.67. The molecule has 3 aromatic rings. The molecule has 1 amide bonds. The number of hydrogen-bond acceptors (Lipinski definition) is 3. The zero-order valence-corrected chi connectivity index (χ0v) is 16.2. The predicted octanol–water partition coefficient (Wildman–Crippen LogP) is 4.80. The van der Waals surface area contributed by atoms with Gasteiger partial charge in [0.15, 0.2) is 0 Å². The van der Waals surface area contributed by atoms with Gasteiger partial charge in [-0.25, -0.2) is 5.43 Å². The van der Waals surface area contributed by atoms with E-state index in [4.69, 9.17) is 0 Å². The van der Waals surface area contributed by atoms with Gasteiger partial charge in [0, 0.05) is 5.69 Å². The maximum absolute atomic E-state index is 12.4. The molecular formula is C23H25N3O. The molecule has 1 atom stereocenters. The number of hydrogen-bond donors (Lipinski definition) is 2. The van der Waals surface area contributed by atoms with E-state index in [0.29, 0.717) is 0 Å². The Kier molecular flexibility index (Phi) is 5.55. The summed E-state index contributed by atoms with van der Waals surface area (Å²) >= 11 is 0. The quantitative estimate of drug-likeness (QED) is 0.508. The molecule has 3 rings (SSSR count). The van der Waals surface area contributed by atoms with Crippen LogP contribution in [-0.2, 0) is 4.79 Å². The van der Waals surface area contributed by atoms with Gasteiger partial charge in [-0.15, -0.1) is 0 Å². The van der Waals surface area contributed by atoms with Gasteiger partial charge in [0.25, 0.3) is 5.91 Å². The highest BCUT2D eigenvalue weighted by molar-refractivity contribution is 6.02. The van der Waals surface area contributed by atoms with Gasteiger partial charge in [-0.3, -0.25) is 4.79 Å². The van der Waals surface area contributed by atoms with Crippen LogP contribution in [0.5, 0.6) is 0 Å². The van der Waals surface area contributed by atoms with Gasteiger partial charge in [0.05, 0.1) is 5.71 Å². The summed E-state index contributed by atoms with van der Waals surface area (Å²) in [5, 5.41) is 9.86. The summed E-state index contributed by atoms with van der Waals surface area (Å²) in [6, 6.07) is 20.1. The maximum Gasteiger partial charge on any atom is 0.262 e. The first-order chi connectivity index (χ1) is 12.9. The second-order valence-corrected chi connectivity index (χ2v) is 6.92. The number of benzene rings is 3. The number of aryl methyl sites for hydroxylation is 2. The van der Waals surface area contributed by atoms with Crippen molar-refractivity contribution in [3.8, 4) is 0 Å². The van der Waals surface area contributed by atoms with Crippen molar-refractivity contribution in [2.24, 2.45) is 5.10 Å². The van der Waals surface area contributed by atoms with Crippen LogP contribution in [0.1, 0.15) is 30.5 Å². The summed E-state index contributed by atoms with van der Waals surface area (Å²) in [6.07, 6.45) is 0. The van der Waals surface area contributed by atoms with Crippen LogP contribution in [0, 0.1) is 13.8 Å². The van der Waals surface area contributed by atoms with E-state index in [2.05, 4.69) is 53.1 Å². The maximum atomic E-state index is 12.4. The first kappa shape index (κ1) is 18.6. The molecule has 0 unspecified atom stereocenters. The largest absolute Gasteiger partial charge is 0.374 e. The van der Waals surface area contributed by atoms with E-state index in [9.17, 15) is 4.79 Å². The van der Waals surface area contributed by atoms with Crippen LogP contribution in [0.25, 0.3) is 10.8 Å². The average Bonchev–Trinajstić information content (AvgIpc) is 2.67. The van der Waals surface area contributed by atoms with Gasteiger partial charge >= 0.3 is 0 Å².